The molecule has 0 amide bonds. The van der Waals surface area contributed by atoms with Crippen LogP contribution in [0.15, 0.2) is 30.5 Å². The first-order chi connectivity index (χ1) is 12.7. The normalized spacial score (nSPS) is 15.3. The van der Waals surface area contributed by atoms with E-state index in [1.165, 1.54) is 5.69 Å². The van der Waals surface area contributed by atoms with E-state index in [0.29, 0.717) is 5.75 Å². The van der Waals surface area contributed by atoms with E-state index in [4.69, 9.17) is 4.74 Å². The first-order valence-corrected chi connectivity index (χ1v) is 9.72. The lowest BCUT2D eigenvalue weighted by molar-refractivity contribution is 0.0369. The highest BCUT2D eigenvalue weighted by Crippen LogP contribution is 2.27. The van der Waals surface area contributed by atoms with Crippen LogP contribution in [-0.2, 0) is 17.7 Å². The van der Waals surface area contributed by atoms with Crippen molar-refractivity contribution in [2.45, 2.75) is 39.7 Å². The van der Waals surface area contributed by atoms with Crippen LogP contribution in [0.1, 0.15) is 31.0 Å². The molecule has 5 nitrogen and oxygen atoms in total. The van der Waals surface area contributed by atoms with Gasteiger partial charge in [-0.3, -0.25) is 4.90 Å². The minimum absolute atomic E-state index is 0.331. The Labute approximate surface area is 156 Å². The van der Waals surface area contributed by atoms with E-state index in [-0.39, 0.29) is 0 Å². The molecular formula is C21H31N3O2. The fraction of sp³-hybridized carbons (Fsp3) is 0.524. The van der Waals surface area contributed by atoms with Crippen molar-refractivity contribution in [3.8, 4) is 5.75 Å². The number of benzene rings is 1. The average Bonchev–Trinajstić information content (AvgIpc) is 3.01. The van der Waals surface area contributed by atoms with Gasteiger partial charge in [-0.05, 0) is 37.5 Å². The molecule has 0 bridgehead atoms. The van der Waals surface area contributed by atoms with Gasteiger partial charge < -0.3 is 19.7 Å². The van der Waals surface area contributed by atoms with Crippen LogP contribution in [0.2, 0.25) is 0 Å². The molecular weight excluding hydrogens is 326 g/mol. The fourth-order valence-electron chi connectivity index (χ4n) is 3.48. The average molecular weight is 357 g/mol. The monoisotopic (exact) mass is 357 g/mol. The molecule has 26 heavy (non-hydrogen) atoms. The smallest absolute Gasteiger partial charge is 0.120 e. The molecule has 0 radical (unpaired) electrons. The van der Waals surface area contributed by atoms with Crippen LogP contribution in [0.3, 0.4) is 0 Å². The van der Waals surface area contributed by atoms with Crippen molar-refractivity contribution in [1.82, 2.24) is 9.47 Å². The van der Waals surface area contributed by atoms with Gasteiger partial charge >= 0.3 is 0 Å². The van der Waals surface area contributed by atoms with E-state index in [0.717, 1.165) is 75.6 Å². The Kier molecular flexibility index (Phi) is 6.58. The van der Waals surface area contributed by atoms with Crippen LogP contribution in [0.4, 0.5) is 11.4 Å². The number of morpholine rings is 1. The van der Waals surface area contributed by atoms with Gasteiger partial charge in [-0.25, -0.2) is 0 Å². The van der Waals surface area contributed by atoms with Crippen LogP contribution in [0.5, 0.6) is 5.75 Å². The lowest BCUT2D eigenvalue weighted by Gasteiger charge is -2.26. The van der Waals surface area contributed by atoms with Gasteiger partial charge in [0.15, 0.2) is 0 Å². The second-order valence-corrected chi connectivity index (χ2v) is 7.05. The summed E-state index contributed by atoms with van der Waals surface area (Å²) in [6, 6.07) is 7.90. The first-order valence-electron chi connectivity index (χ1n) is 9.72. The van der Waals surface area contributed by atoms with Gasteiger partial charge in [0.25, 0.3) is 0 Å². The van der Waals surface area contributed by atoms with Crippen LogP contribution >= 0.6 is 0 Å². The van der Waals surface area contributed by atoms with Crippen LogP contribution in [0, 0.1) is 6.92 Å². The molecule has 142 valence electrons. The molecule has 1 aromatic carbocycles. The number of ether oxygens (including phenoxy) is 1. The summed E-state index contributed by atoms with van der Waals surface area (Å²) in [5.74, 6) is 0.331. The third kappa shape index (κ3) is 4.80. The molecule has 1 saturated heterocycles. The molecule has 1 fully saturated rings. The van der Waals surface area contributed by atoms with Gasteiger partial charge in [-0.1, -0.05) is 19.4 Å². The summed E-state index contributed by atoms with van der Waals surface area (Å²) in [6.45, 7) is 10.1. The van der Waals surface area contributed by atoms with Crippen molar-refractivity contribution in [3.63, 3.8) is 0 Å². The summed E-state index contributed by atoms with van der Waals surface area (Å²) in [7, 11) is 0. The van der Waals surface area contributed by atoms with E-state index in [9.17, 15) is 5.11 Å². The van der Waals surface area contributed by atoms with Crippen LogP contribution < -0.4 is 5.32 Å². The van der Waals surface area contributed by atoms with Crippen LogP contribution in [-0.4, -0.2) is 47.4 Å². The summed E-state index contributed by atoms with van der Waals surface area (Å²) in [5.41, 5.74) is 4.30. The maximum Gasteiger partial charge on any atom is 0.120 e. The van der Waals surface area contributed by atoms with E-state index in [1.807, 2.05) is 19.1 Å². The van der Waals surface area contributed by atoms with Crippen molar-refractivity contribution in [2.75, 3.05) is 38.2 Å². The number of aryl methyl sites for hydroxylation is 2. The van der Waals surface area contributed by atoms with Crippen molar-refractivity contribution in [3.05, 3.63) is 41.7 Å². The molecule has 0 saturated carbocycles. The van der Waals surface area contributed by atoms with E-state index in [2.05, 4.69) is 34.0 Å². The van der Waals surface area contributed by atoms with Gasteiger partial charge in [0.1, 0.15) is 5.75 Å². The number of aromatic nitrogens is 1. The molecule has 0 atom stereocenters. The number of hydrogen-bond acceptors (Lipinski definition) is 4. The second-order valence-electron chi connectivity index (χ2n) is 7.05. The van der Waals surface area contributed by atoms with Crippen LogP contribution in [0.25, 0.3) is 0 Å². The Morgan fingerprint density at radius 3 is 2.69 bits per heavy atom. The third-order valence-electron chi connectivity index (χ3n) is 5.03. The lowest BCUT2D eigenvalue weighted by Crippen LogP contribution is -2.37. The van der Waals surface area contributed by atoms with Crippen molar-refractivity contribution < 1.29 is 9.84 Å². The topological polar surface area (TPSA) is 49.7 Å². The number of aromatic hydroxyl groups is 1. The maximum atomic E-state index is 9.94. The SMILES string of the molecule is CCCc1c(Nc2ccc(C)c(O)c2)ccn1CCCN1CCOCC1. The predicted octanol–water partition coefficient (Wildman–Crippen LogP) is 3.92. The molecule has 2 heterocycles. The summed E-state index contributed by atoms with van der Waals surface area (Å²) in [5, 5.41) is 13.4. The van der Waals surface area contributed by atoms with Crippen molar-refractivity contribution >= 4 is 11.4 Å². The molecule has 0 spiro atoms. The van der Waals surface area contributed by atoms with Gasteiger partial charge in [0.2, 0.25) is 0 Å². The zero-order valence-corrected chi connectivity index (χ0v) is 16.0. The Hall–Kier alpha value is -1.98. The lowest BCUT2D eigenvalue weighted by atomic mass is 10.2. The van der Waals surface area contributed by atoms with Gasteiger partial charge in [-0.2, -0.15) is 0 Å². The number of phenolic OH excluding ortho intramolecular Hbond substituents is 1. The number of nitrogens with zero attached hydrogens (tertiary/aromatic N) is 2. The summed E-state index contributed by atoms with van der Waals surface area (Å²) >= 11 is 0. The highest BCUT2D eigenvalue weighted by atomic mass is 16.5. The Bertz CT molecular complexity index is 705. The predicted molar refractivity (Wildman–Crippen MR) is 106 cm³/mol. The highest BCUT2D eigenvalue weighted by Gasteiger charge is 2.12. The van der Waals surface area contributed by atoms with Gasteiger partial charge in [-0.15, -0.1) is 0 Å². The number of nitrogens with one attached hydrogen (secondary N) is 1. The Morgan fingerprint density at radius 2 is 1.96 bits per heavy atom. The summed E-state index contributed by atoms with van der Waals surface area (Å²) in [4.78, 5) is 2.49. The standard InChI is InChI=1S/C21H31N3O2/c1-3-5-20-19(22-18-7-6-17(2)21(25)16-18)8-11-24(20)10-4-9-23-12-14-26-15-13-23/h6-8,11,16,22,25H,3-5,9-10,12-15H2,1-2H3. The number of phenols is 1. The molecule has 1 aromatic heterocycles. The minimum Gasteiger partial charge on any atom is -0.508 e. The quantitative estimate of drug-likeness (QED) is 0.752. The highest BCUT2D eigenvalue weighted by molar-refractivity contribution is 5.64. The van der Waals surface area contributed by atoms with E-state index >= 15 is 0 Å². The summed E-state index contributed by atoms with van der Waals surface area (Å²) < 4.78 is 7.79. The fourth-order valence-corrected chi connectivity index (χ4v) is 3.48. The molecule has 1 aliphatic rings. The Morgan fingerprint density at radius 1 is 1.15 bits per heavy atom. The molecule has 3 rings (SSSR count). The Balaban J connectivity index is 1.63. The van der Waals surface area contributed by atoms with E-state index in [1.54, 1.807) is 6.07 Å². The molecule has 1 aliphatic heterocycles. The number of anilines is 2. The zero-order valence-electron chi connectivity index (χ0n) is 16.0. The summed E-state index contributed by atoms with van der Waals surface area (Å²) in [6.07, 6.45) is 5.49. The van der Waals surface area contributed by atoms with E-state index < -0.39 is 0 Å². The molecule has 2 aromatic rings. The van der Waals surface area contributed by atoms with Gasteiger partial charge in [0, 0.05) is 49.8 Å². The third-order valence-corrected chi connectivity index (χ3v) is 5.03. The van der Waals surface area contributed by atoms with Crippen molar-refractivity contribution in [2.24, 2.45) is 0 Å². The minimum atomic E-state index is 0.331. The molecule has 2 N–H and O–H groups in total. The molecule has 5 heteroatoms. The largest absolute Gasteiger partial charge is 0.508 e. The van der Waals surface area contributed by atoms with Crippen molar-refractivity contribution in [1.29, 1.82) is 0 Å². The van der Waals surface area contributed by atoms with Gasteiger partial charge in [0.05, 0.1) is 18.9 Å². The number of hydrogen-bond donors (Lipinski definition) is 2. The number of rotatable bonds is 8. The maximum absolute atomic E-state index is 9.94. The molecule has 0 unspecified atom stereocenters. The zero-order chi connectivity index (χ0) is 18.4. The molecule has 0 aliphatic carbocycles. The second kappa shape index (κ2) is 9.10. The first kappa shape index (κ1) is 18.8.